The van der Waals surface area contributed by atoms with Crippen molar-refractivity contribution in [3.8, 4) is 0 Å². The fourth-order valence-corrected chi connectivity index (χ4v) is 6.64. The van der Waals surface area contributed by atoms with Gasteiger partial charge in [-0.25, -0.2) is 9.59 Å². The van der Waals surface area contributed by atoms with Crippen molar-refractivity contribution in [2.75, 3.05) is 14.1 Å². The second-order valence-electron chi connectivity index (χ2n) is 14.4. The molecular formula is C30H58N2O4+2. The molecule has 2 heterocycles. The van der Waals surface area contributed by atoms with Crippen LogP contribution in [-0.2, 0) is 19.3 Å². The highest BCUT2D eigenvalue weighted by molar-refractivity contribution is 5.68. The van der Waals surface area contributed by atoms with Gasteiger partial charge in [-0.1, -0.05) is 25.7 Å². The normalized spacial score (nSPS) is 25.1. The van der Waals surface area contributed by atoms with Gasteiger partial charge in [0.05, 0.1) is 12.8 Å². The summed E-state index contributed by atoms with van der Waals surface area (Å²) in [5, 5.41) is 0. The number of unbranched alkanes of at least 4 members (excludes halogenated alkanes) is 5. The summed E-state index contributed by atoms with van der Waals surface area (Å²) in [4.78, 5) is 37.6. The van der Waals surface area contributed by atoms with Crippen LogP contribution < -0.4 is 0 Å². The van der Waals surface area contributed by atoms with E-state index in [1.807, 2.05) is 0 Å². The molecule has 0 atom stereocenters. The third kappa shape index (κ3) is 6.46. The molecule has 0 amide bonds. The average Bonchev–Trinajstić information content (AvgIpc) is 2.72. The number of likely N-dealkylation sites (tertiary alicyclic amines) is 2. The van der Waals surface area contributed by atoms with E-state index >= 15 is 0 Å². The van der Waals surface area contributed by atoms with Gasteiger partial charge in [-0.2, -0.15) is 0 Å². The van der Waals surface area contributed by atoms with E-state index in [0.29, 0.717) is 22.1 Å². The lowest BCUT2D eigenvalue weighted by molar-refractivity contribution is -1.15. The molecule has 0 saturated carbocycles. The molecule has 0 aromatic rings. The summed E-state index contributed by atoms with van der Waals surface area (Å²) in [7, 11) is 4.16. The van der Waals surface area contributed by atoms with Gasteiger partial charge in [0.1, 0.15) is 36.3 Å². The first-order chi connectivity index (χ1) is 16.4. The third-order valence-corrected chi connectivity index (χ3v) is 10.4. The maximum absolute atomic E-state index is 12.7. The molecule has 2 fully saturated rings. The number of nitrogens with zero attached hydrogens (tertiary/aromatic N) is 2. The molecule has 2 saturated heterocycles. The molecule has 0 unspecified atom stereocenters. The fourth-order valence-electron chi connectivity index (χ4n) is 6.64. The molecule has 0 aliphatic carbocycles. The molecule has 6 heteroatoms. The second kappa shape index (κ2) is 11.3. The van der Waals surface area contributed by atoms with E-state index in [1.165, 1.54) is 12.8 Å². The minimum absolute atomic E-state index is 0.0721. The average molecular weight is 511 g/mol. The highest BCUT2D eigenvalue weighted by atomic mass is 16.8. The van der Waals surface area contributed by atoms with Crippen molar-refractivity contribution in [2.45, 2.75) is 167 Å². The van der Waals surface area contributed by atoms with E-state index in [4.69, 9.17) is 9.68 Å². The molecule has 0 N–H and O–H groups in total. The standard InChI is InChI=1S/C30H58N2O4/c1-27(2)21-17-22-28(3,4)31(27,9)35-25(33)19-15-13-11-12-14-16-20-26(34)36-32(10)29(5,6)23-18-24-30(32,7)8/h11-24H2,1-10H3/q+2. The summed E-state index contributed by atoms with van der Waals surface area (Å²) >= 11 is 0. The molecule has 2 aliphatic heterocycles. The van der Waals surface area contributed by atoms with Crippen LogP contribution >= 0.6 is 0 Å². The van der Waals surface area contributed by atoms with Crippen LogP contribution in [0.4, 0.5) is 0 Å². The number of carbonyl (C=O) groups excluding carboxylic acids is 2. The first-order valence-electron chi connectivity index (χ1n) is 14.6. The predicted molar refractivity (Wildman–Crippen MR) is 146 cm³/mol. The van der Waals surface area contributed by atoms with Crippen molar-refractivity contribution in [1.29, 1.82) is 0 Å². The van der Waals surface area contributed by atoms with E-state index in [-0.39, 0.29) is 34.1 Å². The van der Waals surface area contributed by atoms with Crippen molar-refractivity contribution in [2.24, 2.45) is 0 Å². The van der Waals surface area contributed by atoms with E-state index in [2.05, 4.69) is 69.5 Å². The summed E-state index contributed by atoms with van der Waals surface area (Å²) < 4.78 is 0.724. The molecule has 210 valence electrons. The SMILES string of the molecule is CC1(C)CCCC(C)(C)[N+]1(C)OC(=O)CCCCCCCCC(=O)O[N+]1(C)C(C)(C)CCCC1(C)C. The lowest BCUT2D eigenvalue weighted by Crippen LogP contribution is -2.71. The molecule has 2 rings (SSSR count). The maximum atomic E-state index is 12.7. The molecular weight excluding hydrogens is 452 g/mol. The summed E-state index contributed by atoms with van der Waals surface area (Å²) in [6.45, 7) is 17.7. The van der Waals surface area contributed by atoms with Crippen LogP contribution in [0.15, 0.2) is 0 Å². The zero-order valence-electron chi connectivity index (χ0n) is 25.4. The van der Waals surface area contributed by atoms with Crippen LogP contribution in [0.1, 0.15) is 145 Å². The second-order valence-corrected chi connectivity index (χ2v) is 14.4. The Labute approximate surface area is 222 Å². The van der Waals surface area contributed by atoms with Gasteiger partial charge in [0.25, 0.3) is 0 Å². The number of piperidine rings is 2. The Morgan fingerprint density at radius 3 is 1.06 bits per heavy atom. The van der Waals surface area contributed by atoms with Gasteiger partial charge >= 0.3 is 11.9 Å². The summed E-state index contributed by atoms with van der Waals surface area (Å²) in [5.74, 6) is -0.160. The van der Waals surface area contributed by atoms with Gasteiger partial charge in [0.15, 0.2) is 0 Å². The van der Waals surface area contributed by atoms with E-state index < -0.39 is 0 Å². The number of quaternary nitrogens is 2. The summed E-state index contributed by atoms with van der Waals surface area (Å²) in [6, 6.07) is 0. The Balaban J connectivity index is 1.65. The molecule has 0 aromatic carbocycles. The Hall–Kier alpha value is -1.14. The minimum Gasteiger partial charge on any atom is -0.276 e. The Morgan fingerprint density at radius 2 is 0.778 bits per heavy atom. The summed E-state index contributed by atoms with van der Waals surface area (Å²) in [6.07, 6.45) is 13.5. The number of rotatable bonds is 11. The Bertz CT molecular complexity index is 673. The van der Waals surface area contributed by atoms with E-state index in [0.717, 1.165) is 64.2 Å². The first-order valence-corrected chi connectivity index (χ1v) is 14.6. The largest absolute Gasteiger partial charge is 0.366 e. The van der Waals surface area contributed by atoms with Gasteiger partial charge in [0.2, 0.25) is 0 Å². The zero-order valence-corrected chi connectivity index (χ0v) is 25.4. The van der Waals surface area contributed by atoms with Crippen LogP contribution in [0.2, 0.25) is 0 Å². The molecule has 0 bridgehead atoms. The quantitative estimate of drug-likeness (QED) is 0.215. The summed E-state index contributed by atoms with van der Waals surface area (Å²) in [5.41, 5.74) is -0.288. The van der Waals surface area contributed by atoms with Crippen LogP contribution in [0, 0.1) is 0 Å². The lowest BCUT2D eigenvalue weighted by atomic mass is 9.79. The van der Waals surface area contributed by atoms with Gasteiger partial charge in [-0.05, 0) is 81.1 Å². The lowest BCUT2D eigenvalue weighted by Gasteiger charge is -2.55. The van der Waals surface area contributed by atoms with E-state index in [1.54, 1.807) is 0 Å². The van der Waals surface area contributed by atoms with Crippen molar-refractivity contribution in [3.63, 3.8) is 0 Å². The molecule has 6 nitrogen and oxygen atoms in total. The van der Waals surface area contributed by atoms with Gasteiger partial charge in [-0.15, -0.1) is 9.29 Å². The number of hydrogen-bond donors (Lipinski definition) is 0. The van der Waals surface area contributed by atoms with Crippen molar-refractivity contribution in [1.82, 2.24) is 0 Å². The topological polar surface area (TPSA) is 52.6 Å². The van der Waals surface area contributed by atoms with Crippen molar-refractivity contribution >= 4 is 11.9 Å². The van der Waals surface area contributed by atoms with Gasteiger partial charge in [0, 0.05) is 25.7 Å². The zero-order chi connectivity index (χ0) is 27.5. The third-order valence-electron chi connectivity index (χ3n) is 10.4. The van der Waals surface area contributed by atoms with Crippen LogP contribution in [-0.4, -0.2) is 57.5 Å². The van der Waals surface area contributed by atoms with Crippen LogP contribution in [0.25, 0.3) is 0 Å². The Kier molecular flexibility index (Phi) is 9.76. The van der Waals surface area contributed by atoms with E-state index in [9.17, 15) is 9.59 Å². The number of hydroxylamine groups is 6. The molecule has 0 aromatic heterocycles. The molecule has 36 heavy (non-hydrogen) atoms. The monoisotopic (exact) mass is 510 g/mol. The predicted octanol–water partition coefficient (Wildman–Crippen LogP) is 7.40. The molecule has 0 spiro atoms. The van der Waals surface area contributed by atoms with Crippen LogP contribution in [0.3, 0.4) is 0 Å². The van der Waals surface area contributed by atoms with Crippen molar-refractivity contribution in [3.05, 3.63) is 0 Å². The van der Waals surface area contributed by atoms with Crippen LogP contribution in [0.5, 0.6) is 0 Å². The Morgan fingerprint density at radius 1 is 0.528 bits per heavy atom. The van der Waals surface area contributed by atoms with Gasteiger partial charge in [-0.3, -0.25) is 9.68 Å². The molecule has 0 radical (unpaired) electrons. The fraction of sp³-hybridized carbons (Fsp3) is 0.933. The van der Waals surface area contributed by atoms with Gasteiger partial charge < -0.3 is 0 Å². The highest BCUT2D eigenvalue weighted by Gasteiger charge is 2.58. The minimum atomic E-state index is -0.0801. The maximum Gasteiger partial charge on any atom is 0.366 e. The first kappa shape index (κ1) is 31.1. The number of hydrogen-bond acceptors (Lipinski definition) is 4. The van der Waals surface area contributed by atoms with Crippen molar-refractivity contribution < 1.29 is 28.6 Å². The highest BCUT2D eigenvalue weighted by Crippen LogP contribution is 2.46. The smallest absolute Gasteiger partial charge is 0.276 e. The number of carbonyl (C=O) groups is 2. The molecule has 2 aliphatic rings.